The molecule has 160 valence electrons. The molecule has 9 nitrogen and oxygen atoms in total. The smallest absolute Gasteiger partial charge is 0.249 e. The molecule has 2 rings (SSSR count). The lowest BCUT2D eigenvalue weighted by atomic mass is 10.2. The molecule has 0 saturated carbocycles. The summed E-state index contributed by atoms with van der Waals surface area (Å²) in [6.07, 6.45) is 2.02. The van der Waals surface area contributed by atoms with Crippen LogP contribution in [0, 0.1) is 0 Å². The van der Waals surface area contributed by atoms with Gasteiger partial charge in [0.25, 0.3) is 0 Å². The summed E-state index contributed by atoms with van der Waals surface area (Å²) in [4.78, 5) is 12.8. The van der Waals surface area contributed by atoms with Gasteiger partial charge in [-0.25, -0.2) is 8.42 Å². The lowest BCUT2D eigenvalue weighted by Gasteiger charge is -2.29. The van der Waals surface area contributed by atoms with Crippen LogP contribution >= 0.6 is 23.1 Å². The highest BCUT2D eigenvalue weighted by molar-refractivity contribution is 8.01. The highest BCUT2D eigenvalue weighted by atomic mass is 32.2. The van der Waals surface area contributed by atoms with Crippen LogP contribution in [0.5, 0.6) is 11.5 Å². The summed E-state index contributed by atoms with van der Waals surface area (Å²) in [6.45, 7) is 3.55. The Balaban J connectivity index is 2.31. The first-order valence-electron chi connectivity index (χ1n) is 8.69. The number of benzene rings is 1. The van der Waals surface area contributed by atoms with Crippen LogP contribution in [0.2, 0.25) is 0 Å². The first-order chi connectivity index (χ1) is 13.7. The summed E-state index contributed by atoms with van der Waals surface area (Å²) in [5.41, 5.74) is 0.202. The van der Waals surface area contributed by atoms with E-state index in [0.717, 1.165) is 27.1 Å². The molecular weight excluding hydrogens is 436 g/mol. The van der Waals surface area contributed by atoms with E-state index in [2.05, 4.69) is 22.4 Å². The molecule has 0 fully saturated rings. The molecule has 29 heavy (non-hydrogen) atoms. The van der Waals surface area contributed by atoms with Crippen molar-refractivity contribution in [1.29, 1.82) is 0 Å². The van der Waals surface area contributed by atoms with Crippen molar-refractivity contribution in [3.63, 3.8) is 0 Å². The SMILES string of the molecule is CCCSc1nnc(NC(=O)[C@@H](C)N(c2cc(OC)ccc2OC)S(C)(=O)=O)s1. The van der Waals surface area contributed by atoms with Crippen LogP contribution in [0.1, 0.15) is 20.3 Å². The van der Waals surface area contributed by atoms with E-state index in [1.807, 2.05) is 0 Å². The average Bonchev–Trinajstić information content (AvgIpc) is 3.12. The lowest BCUT2D eigenvalue weighted by Crippen LogP contribution is -2.45. The zero-order chi connectivity index (χ0) is 21.6. The van der Waals surface area contributed by atoms with Gasteiger partial charge in [0, 0.05) is 11.8 Å². The Morgan fingerprint density at radius 2 is 2.03 bits per heavy atom. The van der Waals surface area contributed by atoms with E-state index in [1.165, 1.54) is 38.5 Å². The number of hydrogen-bond acceptors (Lipinski definition) is 9. The Hall–Kier alpha value is -2.05. The largest absolute Gasteiger partial charge is 0.497 e. The van der Waals surface area contributed by atoms with Crippen molar-refractivity contribution in [2.24, 2.45) is 0 Å². The van der Waals surface area contributed by atoms with Crippen molar-refractivity contribution in [3.05, 3.63) is 18.2 Å². The van der Waals surface area contributed by atoms with Gasteiger partial charge < -0.3 is 9.47 Å². The average molecular weight is 461 g/mol. The van der Waals surface area contributed by atoms with Gasteiger partial charge in [0.15, 0.2) is 4.34 Å². The Kier molecular flexibility index (Phi) is 8.11. The number of ether oxygens (including phenoxy) is 2. The van der Waals surface area contributed by atoms with E-state index in [9.17, 15) is 13.2 Å². The first-order valence-corrected chi connectivity index (χ1v) is 12.3. The second kappa shape index (κ2) is 10.1. The molecule has 0 radical (unpaired) electrons. The quantitative estimate of drug-likeness (QED) is 0.426. The van der Waals surface area contributed by atoms with E-state index in [4.69, 9.17) is 9.47 Å². The zero-order valence-electron chi connectivity index (χ0n) is 16.8. The number of anilines is 2. The fraction of sp³-hybridized carbons (Fsp3) is 0.471. The fourth-order valence-electron chi connectivity index (χ4n) is 2.47. The standard InChI is InChI=1S/C17H24N4O5S3/c1-6-9-27-17-20-19-16(28-17)18-15(22)11(2)21(29(5,23)24)13-10-12(25-3)7-8-14(13)26-4/h7-8,10-11H,6,9H2,1-5H3,(H,18,19,22)/t11-/m1/s1. The number of carbonyl (C=O) groups is 1. The number of thioether (sulfide) groups is 1. The molecule has 1 heterocycles. The number of methoxy groups -OCH3 is 2. The Morgan fingerprint density at radius 3 is 2.62 bits per heavy atom. The summed E-state index contributed by atoms with van der Waals surface area (Å²) >= 11 is 2.79. The highest BCUT2D eigenvalue weighted by Gasteiger charge is 2.32. The molecule has 0 aliphatic carbocycles. The summed E-state index contributed by atoms with van der Waals surface area (Å²) < 4.78 is 37.3. The van der Waals surface area contributed by atoms with Crippen LogP contribution < -0.4 is 19.1 Å². The van der Waals surface area contributed by atoms with Gasteiger partial charge in [-0.05, 0) is 25.5 Å². The second-order valence-corrected chi connectivity index (χ2v) is 10.2. The molecule has 1 aromatic carbocycles. The van der Waals surface area contributed by atoms with Gasteiger partial charge in [-0.3, -0.25) is 14.4 Å². The third kappa shape index (κ3) is 5.97. The maximum absolute atomic E-state index is 12.8. The minimum absolute atomic E-state index is 0.202. The number of nitrogens with one attached hydrogen (secondary N) is 1. The number of amides is 1. The summed E-state index contributed by atoms with van der Waals surface area (Å²) in [5, 5.41) is 10.9. The van der Waals surface area contributed by atoms with Crippen LogP contribution in [0.4, 0.5) is 10.8 Å². The fourth-order valence-corrected chi connectivity index (χ4v) is 5.32. The summed E-state index contributed by atoms with van der Waals surface area (Å²) in [5.74, 6) is 1.09. The van der Waals surface area contributed by atoms with E-state index < -0.39 is 22.0 Å². The normalized spacial score (nSPS) is 12.3. The molecule has 0 saturated heterocycles. The number of aromatic nitrogens is 2. The Bertz CT molecular complexity index is 948. The van der Waals surface area contributed by atoms with E-state index in [1.54, 1.807) is 23.9 Å². The molecule has 12 heteroatoms. The number of rotatable bonds is 10. The Labute approximate surface area is 178 Å². The predicted molar refractivity (Wildman–Crippen MR) is 116 cm³/mol. The van der Waals surface area contributed by atoms with Gasteiger partial charge in [-0.15, -0.1) is 10.2 Å². The van der Waals surface area contributed by atoms with Crippen LogP contribution in [0.25, 0.3) is 0 Å². The van der Waals surface area contributed by atoms with Crippen molar-refractivity contribution in [1.82, 2.24) is 10.2 Å². The lowest BCUT2D eigenvalue weighted by molar-refractivity contribution is -0.116. The highest BCUT2D eigenvalue weighted by Crippen LogP contribution is 2.35. The van der Waals surface area contributed by atoms with Gasteiger partial charge >= 0.3 is 0 Å². The number of carbonyl (C=O) groups excluding carboxylic acids is 1. The van der Waals surface area contributed by atoms with Crippen molar-refractivity contribution in [2.45, 2.75) is 30.6 Å². The molecule has 0 aliphatic heterocycles. The first kappa shape index (κ1) is 23.2. The van der Waals surface area contributed by atoms with Crippen molar-refractivity contribution >= 4 is 49.8 Å². The van der Waals surface area contributed by atoms with Crippen LogP contribution in [-0.4, -0.2) is 56.8 Å². The molecule has 2 aromatic rings. The molecule has 1 aromatic heterocycles. The van der Waals surface area contributed by atoms with Crippen LogP contribution in [0.15, 0.2) is 22.5 Å². The summed E-state index contributed by atoms with van der Waals surface area (Å²) in [7, 11) is -0.926. The van der Waals surface area contributed by atoms with Crippen LogP contribution in [-0.2, 0) is 14.8 Å². The number of nitrogens with zero attached hydrogens (tertiary/aromatic N) is 3. The monoisotopic (exact) mass is 460 g/mol. The number of sulfonamides is 1. The van der Waals surface area contributed by atoms with Gasteiger partial charge in [0.2, 0.25) is 21.1 Å². The van der Waals surface area contributed by atoms with Gasteiger partial charge in [0.05, 0.1) is 26.2 Å². The van der Waals surface area contributed by atoms with Gasteiger partial charge in [-0.2, -0.15) is 0 Å². The topological polar surface area (TPSA) is 111 Å². The van der Waals surface area contributed by atoms with E-state index in [0.29, 0.717) is 16.6 Å². The second-order valence-electron chi connectivity index (χ2n) is 5.98. The predicted octanol–water partition coefficient (Wildman–Crippen LogP) is 2.85. The molecule has 1 atom stereocenters. The molecule has 0 unspecified atom stereocenters. The van der Waals surface area contributed by atoms with E-state index >= 15 is 0 Å². The van der Waals surface area contributed by atoms with Crippen molar-refractivity contribution in [2.75, 3.05) is 35.9 Å². The maximum Gasteiger partial charge on any atom is 0.249 e. The minimum Gasteiger partial charge on any atom is -0.497 e. The van der Waals surface area contributed by atoms with Gasteiger partial charge in [-0.1, -0.05) is 30.0 Å². The van der Waals surface area contributed by atoms with Crippen LogP contribution in [0.3, 0.4) is 0 Å². The minimum atomic E-state index is -3.82. The molecule has 1 amide bonds. The Morgan fingerprint density at radius 1 is 1.31 bits per heavy atom. The third-order valence-electron chi connectivity index (χ3n) is 3.78. The number of hydrogen-bond donors (Lipinski definition) is 1. The molecule has 0 bridgehead atoms. The molecular formula is C17H24N4O5S3. The molecule has 0 aliphatic rings. The molecule has 0 spiro atoms. The summed E-state index contributed by atoms with van der Waals surface area (Å²) in [6, 6.07) is 3.67. The third-order valence-corrected chi connectivity index (χ3v) is 7.18. The molecule has 1 N–H and O–H groups in total. The van der Waals surface area contributed by atoms with E-state index in [-0.39, 0.29) is 5.69 Å². The maximum atomic E-state index is 12.8. The van der Waals surface area contributed by atoms with Crippen molar-refractivity contribution < 1.29 is 22.7 Å². The van der Waals surface area contributed by atoms with Crippen molar-refractivity contribution in [3.8, 4) is 11.5 Å². The zero-order valence-corrected chi connectivity index (χ0v) is 19.3. The van der Waals surface area contributed by atoms with Gasteiger partial charge in [0.1, 0.15) is 17.5 Å².